The Morgan fingerprint density at radius 1 is 1.44 bits per heavy atom. The number of piperazine rings is 1. The van der Waals surface area contributed by atoms with Crippen LogP contribution in [0.15, 0.2) is 18.2 Å². The van der Waals surface area contributed by atoms with Crippen LogP contribution in [0.1, 0.15) is 12.5 Å². The van der Waals surface area contributed by atoms with Crippen molar-refractivity contribution in [2.45, 2.75) is 25.4 Å². The maximum absolute atomic E-state index is 6.05. The lowest BCUT2D eigenvalue weighted by Gasteiger charge is -2.36. The second-order valence-corrected chi connectivity index (χ2v) is 5.03. The van der Waals surface area contributed by atoms with E-state index in [1.54, 1.807) is 0 Å². The Balaban J connectivity index is 0.000000963. The summed E-state index contributed by atoms with van der Waals surface area (Å²) in [6, 6.07) is 7.48. The maximum Gasteiger partial charge on any atom is 0.0456 e. The van der Waals surface area contributed by atoms with Crippen LogP contribution in [-0.2, 0) is 6.42 Å². The highest BCUT2D eigenvalue weighted by Gasteiger charge is 2.33. The number of hydrogen-bond acceptors (Lipinski definition) is 2. The van der Waals surface area contributed by atoms with Crippen LogP contribution >= 0.6 is 24.0 Å². The van der Waals surface area contributed by atoms with Gasteiger partial charge < -0.3 is 10.2 Å². The second-order valence-electron chi connectivity index (χ2n) is 4.59. The van der Waals surface area contributed by atoms with Gasteiger partial charge in [0.25, 0.3) is 0 Å². The average Bonchev–Trinajstić information content (AvgIpc) is 2.56. The summed E-state index contributed by atoms with van der Waals surface area (Å²) in [5, 5.41) is 4.38. The molecule has 0 radical (unpaired) electrons. The Bertz CT molecular complexity index is 395. The number of fused-ring (bicyclic) bond motifs is 3. The summed E-state index contributed by atoms with van der Waals surface area (Å²) >= 11 is 6.05. The van der Waals surface area contributed by atoms with Crippen LogP contribution in [0, 0.1) is 0 Å². The molecule has 0 unspecified atom stereocenters. The number of hydrogen-bond donors (Lipinski definition) is 1. The van der Waals surface area contributed by atoms with Gasteiger partial charge >= 0.3 is 0 Å². The van der Waals surface area contributed by atoms with Crippen LogP contribution in [0.2, 0.25) is 5.02 Å². The third-order valence-electron chi connectivity index (χ3n) is 3.43. The van der Waals surface area contributed by atoms with Gasteiger partial charge in [-0.05, 0) is 31.0 Å². The van der Waals surface area contributed by atoms with Gasteiger partial charge in [0.15, 0.2) is 0 Å². The van der Waals surface area contributed by atoms with Crippen molar-refractivity contribution in [3.8, 4) is 0 Å². The summed E-state index contributed by atoms with van der Waals surface area (Å²) in [7, 11) is 0. The first-order chi connectivity index (χ1) is 7.24. The Morgan fingerprint density at radius 3 is 3.06 bits per heavy atom. The summed E-state index contributed by atoms with van der Waals surface area (Å²) in [5.41, 5.74) is 2.79. The van der Waals surface area contributed by atoms with Gasteiger partial charge in [-0.25, -0.2) is 0 Å². The zero-order chi connectivity index (χ0) is 10.4. The molecule has 0 saturated carbocycles. The molecule has 1 fully saturated rings. The van der Waals surface area contributed by atoms with E-state index < -0.39 is 0 Å². The van der Waals surface area contributed by atoms with E-state index in [9.17, 15) is 0 Å². The molecular formula is C12H16Cl2N2. The first-order valence-corrected chi connectivity index (χ1v) is 5.90. The van der Waals surface area contributed by atoms with E-state index in [0.717, 1.165) is 24.5 Å². The molecule has 88 valence electrons. The molecular weight excluding hydrogens is 243 g/mol. The van der Waals surface area contributed by atoms with E-state index >= 15 is 0 Å². The van der Waals surface area contributed by atoms with Gasteiger partial charge in [0.2, 0.25) is 0 Å². The van der Waals surface area contributed by atoms with Gasteiger partial charge in [0, 0.05) is 35.9 Å². The van der Waals surface area contributed by atoms with Gasteiger partial charge in [0.1, 0.15) is 0 Å². The number of benzene rings is 1. The van der Waals surface area contributed by atoms with Crippen molar-refractivity contribution in [3.05, 3.63) is 28.8 Å². The van der Waals surface area contributed by atoms with E-state index in [0.29, 0.717) is 12.1 Å². The molecule has 16 heavy (non-hydrogen) atoms. The lowest BCUT2D eigenvalue weighted by molar-refractivity contribution is 0.422. The van der Waals surface area contributed by atoms with Crippen molar-refractivity contribution >= 4 is 29.7 Å². The molecule has 1 aromatic rings. The van der Waals surface area contributed by atoms with Gasteiger partial charge in [-0.2, -0.15) is 0 Å². The van der Waals surface area contributed by atoms with Crippen molar-refractivity contribution in [1.29, 1.82) is 0 Å². The predicted octanol–water partition coefficient (Wildman–Crippen LogP) is 2.48. The first kappa shape index (κ1) is 12.0. The zero-order valence-electron chi connectivity index (χ0n) is 9.24. The smallest absolute Gasteiger partial charge is 0.0456 e. The monoisotopic (exact) mass is 258 g/mol. The van der Waals surface area contributed by atoms with Crippen LogP contribution < -0.4 is 10.2 Å². The van der Waals surface area contributed by atoms with Gasteiger partial charge in [-0.15, -0.1) is 12.4 Å². The number of nitrogens with one attached hydrogen (secondary N) is 1. The molecule has 3 rings (SSSR count). The molecule has 2 nitrogen and oxygen atoms in total. The minimum Gasteiger partial charge on any atom is -0.365 e. The normalized spacial score (nSPS) is 27.0. The fourth-order valence-electron chi connectivity index (χ4n) is 2.66. The summed E-state index contributed by atoms with van der Waals surface area (Å²) in [5.74, 6) is 0. The lowest BCUT2D eigenvalue weighted by atomic mass is 10.1. The molecule has 0 aliphatic carbocycles. The van der Waals surface area contributed by atoms with Gasteiger partial charge in [-0.3, -0.25) is 0 Å². The van der Waals surface area contributed by atoms with Gasteiger partial charge in [0.05, 0.1) is 0 Å². The van der Waals surface area contributed by atoms with E-state index in [1.165, 1.54) is 11.3 Å². The quantitative estimate of drug-likeness (QED) is 0.770. The number of rotatable bonds is 0. The Kier molecular flexibility index (Phi) is 3.34. The molecule has 2 heterocycles. The van der Waals surface area contributed by atoms with Gasteiger partial charge in [-0.1, -0.05) is 17.7 Å². The molecule has 0 spiro atoms. The highest BCUT2D eigenvalue weighted by molar-refractivity contribution is 6.30. The van der Waals surface area contributed by atoms with E-state index in [-0.39, 0.29) is 12.4 Å². The lowest BCUT2D eigenvalue weighted by Crippen LogP contribution is -2.54. The SMILES string of the molecule is C[C@H]1CN2c3cc(Cl)ccc3C[C@@H]2CN1.Cl. The zero-order valence-corrected chi connectivity index (χ0v) is 10.8. The highest BCUT2D eigenvalue weighted by atomic mass is 35.5. The van der Waals surface area contributed by atoms with Crippen LogP contribution in [0.3, 0.4) is 0 Å². The Labute approximate surface area is 107 Å². The average molecular weight is 259 g/mol. The molecule has 0 aromatic heterocycles. The Morgan fingerprint density at radius 2 is 2.25 bits per heavy atom. The summed E-state index contributed by atoms with van der Waals surface area (Å²) in [6.45, 7) is 4.42. The summed E-state index contributed by atoms with van der Waals surface area (Å²) in [6.07, 6.45) is 1.16. The van der Waals surface area contributed by atoms with Crippen molar-refractivity contribution in [2.75, 3.05) is 18.0 Å². The fourth-order valence-corrected chi connectivity index (χ4v) is 2.83. The standard InChI is InChI=1S/C12H15ClN2.ClH/c1-8-7-15-11(6-14-8)4-9-2-3-10(13)5-12(9)15;/h2-3,5,8,11,14H,4,6-7H2,1H3;1H/t8-,11+;/m0./s1. The van der Waals surface area contributed by atoms with E-state index in [4.69, 9.17) is 11.6 Å². The highest BCUT2D eigenvalue weighted by Crippen LogP contribution is 2.35. The maximum atomic E-state index is 6.05. The topological polar surface area (TPSA) is 15.3 Å². The number of anilines is 1. The Hall–Kier alpha value is -0.440. The van der Waals surface area contributed by atoms with Crippen LogP contribution in [0.5, 0.6) is 0 Å². The molecule has 2 atom stereocenters. The number of halogens is 2. The third-order valence-corrected chi connectivity index (χ3v) is 3.66. The van der Waals surface area contributed by atoms with Crippen molar-refractivity contribution in [3.63, 3.8) is 0 Å². The van der Waals surface area contributed by atoms with Crippen LogP contribution in [0.4, 0.5) is 5.69 Å². The molecule has 1 saturated heterocycles. The largest absolute Gasteiger partial charge is 0.365 e. The van der Waals surface area contributed by atoms with Crippen molar-refractivity contribution in [1.82, 2.24) is 5.32 Å². The predicted molar refractivity (Wildman–Crippen MR) is 71.0 cm³/mol. The number of nitrogens with zero attached hydrogens (tertiary/aromatic N) is 1. The summed E-state index contributed by atoms with van der Waals surface area (Å²) < 4.78 is 0. The minimum absolute atomic E-state index is 0. The molecule has 0 bridgehead atoms. The second kappa shape index (κ2) is 4.44. The molecule has 2 aliphatic heterocycles. The minimum atomic E-state index is 0. The van der Waals surface area contributed by atoms with Crippen LogP contribution in [0.25, 0.3) is 0 Å². The van der Waals surface area contributed by atoms with Crippen LogP contribution in [-0.4, -0.2) is 25.2 Å². The van der Waals surface area contributed by atoms with E-state index in [2.05, 4.69) is 29.3 Å². The molecule has 0 amide bonds. The molecule has 2 aliphatic rings. The van der Waals surface area contributed by atoms with Crippen molar-refractivity contribution < 1.29 is 0 Å². The summed E-state index contributed by atoms with van der Waals surface area (Å²) in [4.78, 5) is 2.50. The molecule has 1 aromatic carbocycles. The molecule has 4 heteroatoms. The van der Waals surface area contributed by atoms with E-state index in [1.807, 2.05) is 6.07 Å². The first-order valence-electron chi connectivity index (χ1n) is 5.52. The molecule has 1 N–H and O–H groups in total. The third kappa shape index (κ3) is 1.90. The van der Waals surface area contributed by atoms with Crippen molar-refractivity contribution in [2.24, 2.45) is 0 Å². The fraction of sp³-hybridized carbons (Fsp3) is 0.500.